The van der Waals surface area contributed by atoms with Gasteiger partial charge < -0.3 is 19.4 Å². The Morgan fingerprint density at radius 3 is 2.55 bits per heavy atom. The van der Waals surface area contributed by atoms with Crippen LogP contribution in [0.3, 0.4) is 0 Å². The SMILES string of the molecule is CNCc1ccc(-c2nnc(-c3nc(-c4ccc(=O)n(CCO)c4)cnc3C)o2)cc1. The lowest BCUT2D eigenvalue weighted by Crippen LogP contribution is -2.20. The van der Waals surface area contributed by atoms with E-state index in [4.69, 9.17) is 9.52 Å². The minimum absolute atomic E-state index is 0.130. The van der Waals surface area contributed by atoms with Crippen molar-refractivity contribution in [3.8, 4) is 34.3 Å². The van der Waals surface area contributed by atoms with E-state index in [1.54, 1.807) is 18.5 Å². The maximum atomic E-state index is 11.9. The molecule has 0 fully saturated rings. The highest BCUT2D eigenvalue weighted by atomic mass is 16.4. The zero-order valence-electron chi connectivity index (χ0n) is 17.2. The number of nitrogens with one attached hydrogen (secondary N) is 1. The highest BCUT2D eigenvalue weighted by molar-refractivity contribution is 5.62. The quantitative estimate of drug-likeness (QED) is 0.468. The van der Waals surface area contributed by atoms with Gasteiger partial charge in [-0.3, -0.25) is 9.78 Å². The van der Waals surface area contributed by atoms with Gasteiger partial charge in [0.1, 0.15) is 5.69 Å². The molecule has 9 nitrogen and oxygen atoms in total. The molecule has 2 N–H and O–H groups in total. The van der Waals surface area contributed by atoms with E-state index in [1.165, 1.54) is 10.6 Å². The minimum Gasteiger partial charge on any atom is -0.415 e. The Morgan fingerprint density at radius 1 is 1.06 bits per heavy atom. The normalized spacial score (nSPS) is 11.1. The third kappa shape index (κ3) is 4.42. The molecule has 0 saturated carbocycles. The Labute approximate surface area is 178 Å². The minimum atomic E-state index is -0.194. The predicted octanol–water partition coefficient (Wildman–Crippen LogP) is 2.04. The molecule has 4 aromatic rings. The van der Waals surface area contributed by atoms with Crippen LogP contribution in [0.25, 0.3) is 34.3 Å². The van der Waals surface area contributed by atoms with E-state index in [1.807, 2.05) is 38.2 Å². The molecule has 0 bridgehead atoms. The standard InChI is InChI=1S/C22H22N6O3/c1-14-20(22-27-26-21(31-22)16-5-3-15(4-6-16)11-23-2)25-18(12-24-14)17-7-8-19(30)28(13-17)9-10-29/h3-8,12-13,23,29H,9-11H2,1-2H3. The van der Waals surface area contributed by atoms with Gasteiger partial charge in [-0.25, -0.2) is 4.98 Å². The van der Waals surface area contributed by atoms with Crippen molar-refractivity contribution >= 4 is 0 Å². The highest BCUT2D eigenvalue weighted by Gasteiger charge is 2.16. The molecule has 0 radical (unpaired) electrons. The van der Waals surface area contributed by atoms with E-state index in [0.717, 1.165) is 17.7 Å². The van der Waals surface area contributed by atoms with Crippen LogP contribution in [0.15, 0.2) is 58.0 Å². The summed E-state index contributed by atoms with van der Waals surface area (Å²) in [5.41, 5.74) is 4.15. The first-order chi connectivity index (χ1) is 15.1. The average molecular weight is 418 g/mol. The molecule has 0 amide bonds. The van der Waals surface area contributed by atoms with Gasteiger partial charge in [0.05, 0.1) is 24.2 Å². The Hall–Kier alpha value is -3.69. The zero-order valence-corrected chi connectivity index (χ0v) is 17.2. The number of hydrogen-bond acceptors (Lipinski definition) is 8. The summed E-state index contributed by atoms with van der Waals surface area (Å²) in [6.45, 7) is 2.67. The Kier molecular flexibility index (Phi) is 5.96. The summed E-state index contributed by atoms with van der Waals surface area (Å²) in [5, 5.41) is 20.6. The van der Waals surface area contributed by atoms with Crippen LogP contribution in [0.2, 0.25) is 0 Å². The van der Waals surface area contributed by atoms with Crippen LogP contribution in [0.4, 0.5) is 0 Å². The molecule has 158 valence electrons. The summed E-state index contributed by atoms with van der Waals surface area (Å²) in [4.78, 5) is 21.0. The van der Waals surface area contributed by atoms with E-state index < -0.39 is 0 Å². The van der Waals surface area contributed by atoms with Crippen LogP contribution in [0.5, 0.6) is 0 Å². The number of pyridine rings is 1. The first-order valence-corrected chi connectivity index (χ1v) is 9.82. The van der Waals surface area contributed by atoms with Crippen molar-refractivity contribution in [3.05, 3.63) is 70.4 Å². The summed E-state index contributed by atoms with van der Waals surface area (Å²) >= 11 is 0. The van der Waals surface area contributed by atoms with Crippen molar-refractivity contribution in [2.45, 2.75) is 20.0 Å². The average Bonchev–Trinajstić information content (AvgIpc) is 3.27. The van der Waals surface area contributed by atoms with Crippen LogP contribution in [0, 0.1) is 6.92 Å². The molecule has 0 aliphatic rings. The van der Waals surface area contributed by atoms with E-state index in [9.17, 15) is 4.79 Å². The smallest absolute Gasteiger partial charge is 0.268 e. The number of aliphatic hydroxyl groups excluding tert-OH is 1. The lowest BCUT2D eigenvalue weighted by Gasteiger charge is -2.08. The molecule has 1 aromatic carbocycles. The first kappa shape index (κ1) is 20.6. The molecule has 0 unspecified atom stereocenters. The van der Waals surface area contributed by atoms with Crippen LogP contribution in [-0.2, 0) is 13.1 Å². The zero-order chi connectivity index (χ0) is 21.8. The summed E-state index contributed by atoms with van der Waals surface area (Å²) < 4.78 is 7.31. The second kappa shape index (κ2) is 8.99. The molecule has 31 heavy (non-hydrogen) atoms. The second-order valence-electron chi connectivity index (χ2n) is 7.00. The van der Waals surface area contributed by atoms with Gasteiger partial charge >= 0.3 is 0 Å². The molecule has 3 heterocycles. The molecular weight excluding hydrogens is 396 g/mol. The number of aryl methyl sites for hydroxylation is 1. The lowest BCUT2D eigenvalue weighted by molar-refractivity contribution is 0.274. The van der Waals surface area contributed by atoms with Crippen molar-refractivity contribution < 1.29 is 9.52 Å². The van der Waals surface area contributed by atoms with Crippen LogP contribution in [-0.4, -0.2) is 43.5 Å². The van der Waals surface area contributed by atoms with Gasteiger partial charge in [-0.05, 0) is 37.7 Å². The summed E-state index contributed by atoms with van der Waals surface area (Å²) in [7, 11) is 1.90. The van der Waals surface area contributed by atoms with E-state index in [-0.39, 0.29) is 24.6 Å². The van der Waals surface area contributed by atoms with Gasteiger partial charge in [-0.15, -0.1) is 10.2 Å². The van der Waals surface area contributed by atoms with Gasteiger partial charge in [0.2, 0.25) is 5.89 Å². The van der Waals surface area contributed by atoms with Gasteiger partial charge in [0.15, 0.2) is 0 Å². The Bertz CT molecular complexity index is 1250. The molecule has 4 rings (SSSR count). The first-order valence-electron chi connectivity index (χ1n) is 9.82. The van der Waals surface area contributed by atoms with Crippen LogP contribution in [0.1, 0.15) is 11.3 Å². The number of hydrogen-bond donors (Lipinski definition) is 2. The van der Waals surface area contributed by atoms with Crippen molar-refractivity contribution in [1.82, 2.24) is 30.0 Å². The predicted molar refractivity (Wildman–Crippen MR) is 115 cm³/mol. The molecule has 3 aromatic heterocycles. The largest absolute Gasteiger partial charge is 0.415 e. The number of nitrogens with zero attached hydrogens (tertiary/aromatic N) is 5. The number of rotatable bonds is 7. The van der Waals surface area contributed by atoms with E-state index >= 15 is 0 Å². The summed E-state index contributed by atoms with van der Waals surface area (Å²) in [6.07, 6.45) is 3.27. The molecule has 0 saturated heterocycles. The fourth-order valence-electron chi connectivity index (χ4n) is 3.16. The number of aliphatic hydroxyl groups is 1. The Morgan fingerprint density at radius 2 is 1.81 bits per heavy atom. The summed E-state index contributed by atoms with van der Waals surface area (Å²) in [5.74, 6) is 0.666. The topological polar surface area (TPSA) is 119 Å². The maximum Gasteiger partial charge on any atom is 0.268 e. The van der Waals surface area contributed by atoms with Crippen LogP contribution >= 0.6 is 0 Å². The fourth-order valence-corrected chi connectivity index (χ4v) is 3.16. The third-order valence-corrected chi connectivity index (χ3v) is 4.78. The monoisotopic (exact) mass is 418 g/mol. The maximum absolute atomic E-state index is 11.9. The molecule has 0 aliphatic heterocycles. The van der Waals surface area contributed by atoms with Gasteiger partial charge in [0, 0.05) is 36.5 Å². The number of benzene rings is 1. The van der Waals surface area contributed by atoms with Crippen molar-refractivity contribution in [2.24, 2.45) is 0 Å². The number of aromatic nitrogens is 5. The molecular formula is C22H22N6O3. The molecule has 0 spiro atoms. The highest BCUT2D eigenvalue weighted by Crippen LogP contribution is 2.26. The van der Waals surface area contributed by atoms with Crippen molar-refractivity contribution in [2.75, 3.05) is 13.7 Å². The molecule has 0 atom stereocenters. The second-order valence-corrected chi connectivity index (χ2v) is 7.00. The summed E-state index contributed by atoms with van der Waals surface area (Å²) in [6, 6.07) is 11.0. The van der Waals surface area contributed by atoms with Crippen LogP contribution < -0.4 is 10.9 Å². The van der Waals surface area contributed by atoms with Crippen molar-refractivity contribution in [3.63, 3.8) is 0 Å². The fraction of sp³-hybridized carbons (Fsp3) is 0.227. The van der Waals surface area contributed by atoms with E-state index in [0.29, 0.717) is 28.5 Å². The molecule has 9 heteroatoms. The van der Waals surface area contributed by atoms with Gasteiger partial charge in [-0.2, -0.15) is 0 Å². The third-order valence-electron chi connectivity index (χ3n) is 4.78. The molecule has 0 aliphatic carbocycles. The van der Waals surface area contributed by atoms with Gasteiger partial charge in [0.25, 0.3) is 11.4 Å². The Balaban J connectivity index is 1.67. The van der Waals surface area contributed by atoms with E-state index in [2.05, 4.69) is 25.5 Å². The van der Waals surface area contributed by atoms with Crippen molar-refractivity contribution in [1.29, 1.82) is 0 Å². The lowest BCUT2D eigenvalue weighted by atomic mass is 10.1. The van der Waals surface area contributed by atoms with Gasteiger partial charge in [-0.1, -0.05) is 12.1 Å².